The molecule has 0 atom stereocenters. The van der Waals surface area contributed by atoms with Crippen LogP contribution in [0.15, 0.2) is 36.4 Å². The van der Waals surface area contributed by atoms with Crippen LogP contribution in [0.3, 0.4) is 0 Å². The highest BCUT2D eigenvalue weighted by molar-refractivity contribution is 5.64. The van der Waals surface area contributed by atoms with E-state index in [1.54, 1.807) is 6.07 Å². The number of methoxy groups -OCH3 is 1. The maximum atomic E-state index is 14.3. The lowest BCUT2D eigenvalue weighted by Crippen LogP contribution is -2.12. The fourth-order valence-corrected chi connectivity index (χ4v) is 2.46. The molecule has 0 fully saturated rings. The van der Waals surface area contributed by atoms with E-state index in [4.69, 9.17) is 4.74 Å². The number of hydrogen-bond acceptors (Lipinski definition) is 6. The molecule has 2 aromatic heterocycles. The minimum Gasteiger partial charge on any atom is -0.481 e. The molecule has 0 unspecified atom stereocenters. The highest BCUT2D eigenvalue weighted by Gasteiger charge is 2.15. The Morgan fingerprint density at radius 2 is 1.57 bits per heavy atom. The van der Waals surface area contributed by atoms with Crippen molar-refractivity contribution >= 4 is 17.3 Å². The van der Waals surface area contributed by atoms with Gasteiger partial charge in [-0.25, -0.2) is 28.1 Å². The van der Waals surface area contributed by atoms with Gasteiger partial charge in [0.15, 0.2) is 11.6 Å². The first kappa shape index (κ1) is 19.4. The molecule has 2 N–H and O–H groups in total. The van der Waals surface area contributed by atoms with Gasteiger partial charge in [-0.2, -0.15) is 0 Å². The summed E-state index contributed by atoms with van der Waals surface area (Å²) >= 11 is 0. The van der Waals surface area contributed by atoms with Gasteiger partial charge in [-0.1, -0.05) is 0 Å². The molecule has 0 aliphatic rings. The summed E-state index contributed by atoms with van der Waals surface area (Å²) < 4.78 is 46.3. The van der Waals surface area contributed by atoms with Crippen molar-refractivity contribution in [2.75, 3.05) is 17.7 Å². The topological polar surface area (TPSA) is 72.0 Å². The fraction of sp³-hybridized carbons (Fsp3) is 0.211. The number of anilines is 3. The van der Waals surface area contributed by atoms with E-state index in [-0.39, 0.29) is 34.9 Å². The second-order valence-electron chi connectivity index (χ2n) is 6.23. The number of rotatable bonds is 6. The Morgan fingerprint density at radius 3 is 2.21 bits per heavy atom. The third-order valence-corrected chi connectivity index (χ3v) is 3.54. The van der Waals surface area contributed by atoms with Gasteiger partial charge in [-0.3, -0.25) is 0 Å². The second kappa shape index (κ2) is 8.12. The van der Waals surface area contributed by atoms with Crippen molar-refractivity contribution < 1.29 is 17.9 Å². The molecular weight excluding hydrogens is 371 g/mol. The normalized spacial score (nSPS) is 10.8. The van der Waals surface area contributed by atoms with Crippen molar-refractivity contribution in [3.05, 3.63) is 53.8 Å². The summed E-state index contributed by atoms with van der Waals surface area (Å²) in [5, 5.41) is 5.90. The highest BCUT2D eigenvalue weighted by Crippen LogP contribution is 2.26. The van der Waals surface area contributed by atoms with E-state index in [0.717, 1.165) is 18.2 Å². The average molecular weight is 389 g/mol. The van der Waals surface area contributed by atoms with Crippen molar-refractivity contribution in [3.63, 3.8) is 0 Å². The Morgan fingerprint density at radius 1 is 0.893 bits per heavy atom. The molecule has 0 saturated carbocycles. The van der Waals surface area contributed by atoms with E-state index in [1.807, 2.05) is 13.8 Å². The maximum Gasteiger partial charge on any atom is 0.213 e. The van der Waals surface area contributed by atoms with Crippen molar-refractivity contribution in [2.24, 2.45) is 0 Å². The van der Waals surface area contributed by atoms with Gasteiger partial charge in [0.25, 0.3) is 0 Å². The molecule has 146 valence electrons. The number of nitrogens with zero attached hydrogens (tertiary/aromatic N) is 3. The third-order valence-electron chi connectivity index (χ3n) is 3.54. The van der Waals surface area contributed by atoms with Crippen molar-refractivity contribution in [1.82, 2.24) is 15.0 Å². The summed E-state index contributed by atoms with van der Waals surface area (Å²) in [5.74, 6) is -1.32. The quantitative estimate of drug-likeness (QED) is 0.646. The van der Waals surface area contributed by atoms with Crippen LogP contribution >= 0.6 is 0 Å². The Kier molecular flexibility index (Phi) is 5.62. The van der Waals surface area contributed by atoms with Crippen LogP contribution in [0.1, 0.15) is 13.8 Å². The largest absolute Gasteiger partial charge is 0.481 e. The highest BCUT2D eigenvalue weighted by atomic mass is 19.1. The fourth-order valence-electron chi connectivity index (χ4n) is 2.46. The van der Waals surface area contributed by atoms with Gasteiger partial charge < -0.3 is 15.4 Å². The summed E-state index contributed by atoms with van der Waals surface area (Å²) in [5.41, 5.74) is 0.0388. The minimum atomic E-state index is -0.738. The van der Waals surface area contributed by atoms with Crippen LogP contribution < -0.4 is 15.4 Å². The first-order valence-electron chi connectivity index (χ1n) is 8.43. The van der Waals surface area contributed by atoms with Gasteiger partial charge in [0.1, 0.15) is 29.0 Å². The predicted octanol–water partition coefficient (Wildman–Crippen LogP) is 4.53. The Hall–Kier alpha value is -3.36. The molecule has 9 heteroatoms. The van der Waals surface area contributed by atoms with Crippen LogP contribution in [-0.4, -0.2) is 28.1 Å². The summed E-state index contributed by atoms with van der Waals surface area (Å²) in [6.07, 6.45) is 0. The van der Waals surface area contributed by atoms with E-state index in [0.29, 0.717) is 5.82 Å². The SMILES string of the molecule is COc1ccc(F)c(-c2nc(Nc3cc(F)cc(F)c3)cc(NC(C)C)n2)n1. The van der Waals surface area contributed by atoms with Crippen molar-refractivity contribution in [3.8, 4) is 17.4 Å². The van der Waals surface area contributed by atoms with E-state index >= 15 is 0 Å². The number of ether oxygens (including phenoxy) is 1. The monoisotopic (exact) mass is 389 g/mol. The van der Waals surface area contributed by atoms with Crippen molar-refractivity contribution in [1.29, 1.82) is 0 Å². The van der Waals surface area contributed by atoms with Gasteiger partial charge in [0.2, 0.25) is 5.88 Å². The summed E-state index contributed by atoms with van der Waals surface area (Å²) in [6.45, 7) is 3.81. The van der Waals surface area contributed by atoms with E-state index in [2.05, 4.69) is 25.6 Å². The molecule has 0 aliphatic carbocycles. The number of pyridine rings is 1. The Labute approximate surface area is 159 Å². The molecule has 0 saturated heterocycles. The van der Waals surface area contributed by atoms with Gasteiger partial charge in [-0.05, 0) is 32.0 Å². The zero-order chi connectivity index (χ0) is 20.3. The van der Waals surface area contributed by atoms with Gasteiger partial charge in [0, 0.05) is 29.9 Å². The molecular formula is C19H18F3N5O. The first-order valence-corrected chi connectivity index (χ1v) is 8.43. The summed E-state index contributed by atoms with van der Waals surface area (Å²) in [6, 6.07) is 7.15. The number of hydrogen-bond donors (Lipinski definition) is 2. The summed E-state index contributed by atoms with van der Waals surface area (Å²) in [4.78, 5) is 12.6. The van der Waals surface area contributed by atoms with Crippen LogP contribution in [0.2, 0.25) is 0 Å². The minimum absolute atomic E-state index is 0.0126. The Balaban J connectivity index is 2.06. The smallest absolute Gasteiger partial charge is 0.213 e. The van der Waals surface area contributed by atoms with Crippen LogP contribution in [0.25, 0.3) is 11.5 Å². The summed E-state index contributed by atoms with van der Waals surface area (Å²) in [7, 11) is 1.41. The first-order chi connectivity index (χ1) is 13.3. The molecule has 6 nitrogen and oxygen atoms in total. The molecule has 0 aliphatic heterocycles. The zero-order valence-electron chi connectivity index (χ0n) is 15.4. The van der Waals surface area contributed by atoms with Crippen LogP contribution in [-0.2, 0) is 0 Å². The number of benzene rings is 1. The van der Waals surface area contributed by atoms with E-state index in [1.165, 1.54) is 19.2 Å². The van der Waals surface area contributed by atoms with Crippen LogP contribution in [0.4, 0.5) is 30.5 Å². The molecule has 28 heavy (non-hydrogen) atoms. The van der Waals surface area contributed by atoms with Gasteiger partial charge in [0.05, 0.1) is 7.11 Å². The molecule has 0 amide bonds. The lowest BCUT2D eigenvalue weighted by Gasteiger charge is -2.14. The Bertz CT molecular complexity index is 977. The standard InChI is InChI=1S/C19H18F3N5O/c1-10(2)23-15-9-16(24-13-7-11(20)6-12(21)8-13)26-19(25-15)18-14(22)4-5-17(27-18)28-3/h4-10H,1-3H3,(H2,23,24,25,26). The number of nitrogens with one attached hydrogen (secondary N) is 2. The lowest BCUT2D eigenvalue weighted by atomic mass is 10.3. The van der Waals surface area contributed by atoms with E-state index < -0.39 is 17.5 Å². The predicted molar refractivity (Wildman–Crippen MR) is 100 cm³/mol. The molecule has 3 rings (SSSR count). The second-order valence-corrected chi connectivity index (χ2v) is 6.23. The third kappa shape index (κ3) is 4.67. The number of aromatic nitrogens is 3. The maximum absolute atomic E-state index is 14.3. The zero-order valence-corrected chi connectivity index (χ0v) is 15.4. The number of halogens is 3. The average Bonchev–Trinajstić information content (AvgIpc) is 2.60. The molecule has 0 bridgehead atoms. The van der Waals surface area contributed by atoms with Crippen LogP contribution in [0.5, 0.6) is 5.88 Å². The van der Waals surface area contributed by atoms with Gasteiger partial charge in [-0.15, -0.1) is 0 Å². The lowest BCUT2D eigenvalue weighted by molar-refractivity contribution is 0.396. The molecule has 0 radical (unpaired) electrons. The molecule has 1 aromatic carbocycles. The van der Waals surface area contributed by atoms with Crippen LogP contribution in [0, 0.1) is 17.5 Å². The molecule has 2 heterocycles. The van der Waals surface area contributed by atoms with E-state index in [9.17, 15) is 13.2 Å². The molecule has 0 spiro atoms. The molecule has 3 aromatic rings. The van der Waals surface area contributed by atoms with Gasteiger partial charge >= 0.3 is 0 Å². The van der Waals surface area contributed by atoms with Crippen molar-refractivity contribution in [2.45, 2.75) is 19.9 Å².